The van der Waals surface area contributed by atoms with Crippen molar-refractivity contribution in [3.63, 3.8) is 0 Å². The molecule has 1 unspecified atom stereocenters. The van der Waals surface area contributed by atoms with Crippen molar-refractivity contribution in [2.75, 3.05) is 39.4 Å². The van der Waals surface area contributed by atoms with Crippen LogP contribution in [-0.2, 0) is 9.53 Å². The summed E-state index contributed by atoms with van der Waals surface area (Å²) in [6.07, 6.45) is 0. The zero-order chi connectivity index (χ0) is 21.5. The Labute approximate surface area is 173 Å². The maximum Gasteiger partial charge on any atom is 0.270 e. The van der Waals surface area contributed by atoms with E-state index in [0.29, 0.717) is 19.8 Å². The van der Waals surface area contributed by atoms with Crippen LogP contribution in [0.25, 0.3) is 0 Å². The SMILES string of the molecule is Cc1ccc(C(CNC(=O)CNC(=O)c2cccc([N+](=O)[O-])c2)N2CCOCC2)o1. The van der Waals surface area contributed by atoms with Gasteiger partial charge in [-0.2, -0.15) is 0 Å². The molecule has 0 saturated carbocycles. The molecule has 1 aliphatic heterocycles. The molecule has 1 aromatic carbocycles. The Kier molecular flexibility index (Phi) is 7.15. The van der Waals surface area contributed by atoms with Gasteiger partial charge in [-0.25, -0.2) is 0 Å². The topological polar surface area (TPSA) is 127 Å². The minimum atomic E-state index is -0.578. The first-order valence-corrected chi connectivity index (χ1v) is 9.61. The van der Waals surface area contributed by atoms with Crippen molar-refractivity contribution in [2.45, 2.75) is 13.0 Å². The van der Waals surface area contributed by atoms with Crippen LogP contribution in [0.4, 0.5) is 5.69 Å². The fraction of sp³-hybridized carbons (Fsp3) is 0.400. The van der Waals surface area contributed by atoms with Crippen LogP contribution in [0.1, 0.15) is 27.9 Å². The predicted octanol–water partition coefficient (Wildman–Crippen LogP) is 1.42. The van der Waals surface area contributed by atoms with Gasteiger partial charge in [0.15, 0.2) is 0 Å². The second-order valence-corrected chi connectivity index (χ2v) is 6.91. The summed E-state index contributed by atoms with van der Waals surface area (Å²) in [5.41, 5.74) is -0.0663. The van der Waals surface area contributed by atoms with E-state index in [9.17, 15) is 19.7 Å². The number of morpholine rings is 1. The molecule has 0 radical (unpaired) electrons. The number of aryl methyl sites for hydroxylation is 1. The van der Waals surface area contributed by atoms with E-state index in [1.165, 1.54) is 24.3 Å². The van der Waals surface area contributed by atoms with Crippen LogP contribution >= 0.6 is 0 Å². The van der Waals surface area contributed by atoms with Crippen molar-refractivity contribution in [3.8, 4) is 0 Å². The number of rotatable bonds is 8. The zero-order valence-corrected chi connectivity index (χ0v) is 16.6. The van der Waals surface area contributed by atoms with E-state index in [0.717, 1.165) is 24.6 Å². The third-order valence-electron chi connectivity index (χ3n) is 4.80. The summed E-state index contributed by atoms with van der Waals surface area (Å²) in [4.78, 5) is 36.9. The van der Waals surface area contributed by atoms with Crippen LogP contribution in [0.5, 0.6) is 0 Å². The van der Waals surface area contributed by atoms with E-state index in [-0.39, 0.29) is 29.7 Å². The van der Waals surface area contributed by atoms with Crippen LogP contribution in [0.15, 0.2) is 40.8 Å². The van der Waals surface area contributed by atoms with Gasteiger partial charge in [0.1, 0.15) is 11.5 Å². The van der Waals surface area contributed by atoms with E-state index in [4.69, 9.17) is 9.15 Å². The Morgan fingerprint density at radius 1 is 1.20 bits per heavy atom. The van der Waals surface area contributed by atoms with Crippen LogP contribution in [-0.4, -0.2) is 61.0 Å². The Morgan fingerprint density at radius 3 is 2.63 bits per heavy atom. The van der Waals surface area contributed by atoms with Gasteiger partial charge in [-0.15, -0.1) is 0 Å². The number of hydrogen-bond donors (Lipinski definition) is 2. The lowest BCUT2D eigenvalue weighted by Gasteiger charge is -2.33. The minimum Gasteiger partial charge on any atom is -0.465 e. The van der Waals surface area contributed by atoms with E-state index in [2.05, 4.69) is 15.5 Å². The number of carbonyl (C=O) groups is 2. The van der Waals surface area contributed by atoms with Crippen LogP contribution < -0.4 is 10.6 Å². The van der Waals surface area contributed by atoms with Gasteiger partial charge in [0, 0.05) is 37.3 Å². The smallest absolute Gasteiger partial charge is 0.270 e. The molecule has 2 aromatic rings. The summed E-state index contributed by atoms with van der Waals surface area (Å²) in [5, 5.41) is 16.1. The van der Waals surface area contributed by atoms with Crippen LogP contribution in [0, 0.1) is 17.0 Å². The fourth-order valence-corrected chi connectivity index (χ4v) is 3.23. The molecular formula is C20H24N4O6. The standard InChI is InChI=1S/C20H24N4O6/c1-14-5-6-18(30-14)17(23-7-9-29-10-8-23)12-21-19(25)13-22-20(26)15-3-2-4-16(11-15)24(27)28/h2-6,11,17H,7-10,12-13H2,1H3,(H,21,25)(H,22,26). The summed E-state index contributed by atoms with van der Waals surface area (Å²) >= 11 is 0. The first kappa shape index (κ1) is 21.5. The highest BCUT2D eigenvalue weighted by atomic mass is 16.6. The Hall–Kier alpha value is -3.24. The minimum absolute atomic E-state index is 0.120. The van der Waals surface area contributed by atoms with Gasteiger partial charge < -0.3 is 19.8 Å². The zero-order valence-electron chi connectivity index (χ0n) is 16.6. The number of nitrogens with one attached hydrogen (secondary N) is 2. The molecule has 10 heteroatoms. The highest BCUT2D eigenvalue weighted by Gasteiger charge is 2.25. The monoisotopic (exact) mass is 416 g/mol. The number of hydrogen-bond acceptors (Lipinski definition) is 7. The summed E-state index contributed by atoms with van der Waals surface area (Å²) in [5.74, 6) is 0.629. The van der Waals surface area contributed by atoms with Gasteiger partial charge >= 0.3 is 0 Å². The number of nitrogens with zero attached hydrogens (tertiary/aromatic N) is 2. The lowest BCUT2D eigenvalue weighted by atomic mass is 10.1. The van der Waals surface area contributed by atoms with Crippen LogP contribution in [0.3, 0.4) is 0 Å². The molecule has 160 valence electrons. The summed E-state index contributed by atoms with van der Waals surface area (Å²) in [6, 6.07) is 8.97. The number of nitro groups is 1. The molecule has 3 rings (SSSR count). The molecule has 0 spiro atoms. The summed E-state index contributed by atoms with van der Waals surface area (Å²) in [6.45, 7) is 4.62. The Bertz CT molecular complexity index is 906. The van der Waals surface area contributed by atoms with Gasteiger partial charge in [0.2, 0.25) is 5.91 Å². The van der Waals surface area contributed by atoms with Crippen LogP contribution in [0.2, 0.25) is 0 Å². The Balaban J connectivity index is 1.54. The maximum atomic E-state index is 12.3. The molecule has 2 heterocycles. The molecule has 2 N–H and O–H groups in total. The second-order valence-electron chi connectivity index (χ2n) is 6.91. The number of amides is 2. The van der Waals surface area contributed by atoms with Gasteiger partial charge in [0.05, 0.1) is 30.7 Å². The van der Waals surface area contributed by atoms with Crippen molar-refractivity contribution >= 4 is 17.5 Å². The van der Waals surface area contributed by atoms with Crippen molar-refractivity contribution in [3.05, 3.63) is 63.6 Å². The molecule has 10 nitrogen and oxygen atoms in total. The number of furan rings is 1. The molecule has 2 amide bonds. The molecule has 0 bridgehead atoms. The molecular weight excluding hydrogens is 392 g/mol. The van der Waals surface area contributed by atoms with E-state index in [1.807, 2.05) is 19.1 Å². The summed E-state index contributed by atoms with van der Waals surface area (Å²) < 4.78 is 11.2. The number of non-ortho nitro benzene ring substituents is 1. The largest absolute Gasteiger partial charge is 0.465 e. The predicted molar refractivity (Wildman–Crippen MR) is 107 cm³/mol. The van der Waals surface area contributed by atoms with E-state index in [1.54, 1.807) is 0 Å². The average molecular weight is 416 g/mol. The molecule has 30 heavy (non-hydrogen) atoms. The van der Waals surface area contributed by atoms with Crippen molar-refractivity contribution < 1.29 is 23.7 Å². The van der Waals surface area contributed by atoms with E-state index < -0.39 is 10.8 Å². The number of ether oxygens (including phenoxy) is 1. The van der Waals surface area contributed by atoms with Crippen molar-refractivity contribution in [1.82, 2.24) is 15.5 Å². The second kappa shape index (κ2) is 9.99. The lowest BCUT2D eigenvalue weighted by Crippen LogP contribution is -2.45. The number of benzene rings is 1. The molecule has 0 aliphatic carbocycles. The first-order valence-electron chi connectivity index (χ1n) is 9.61. The number of nitro benzene ring substituents is 1. The highest BCUT2D eigenvalue weighted by Crippen LogP contribution is 2.23. The quantitative estimate of drug-likeness (QED) is 0.492. The van der Waals surface area contributed by atoms with Crippen molar-refractivity contribution in [2.24, 2.45) is 0 Å². The van der Waals surface area contributed by atoms with Gasteiger partial charge in [-0.3, -0.25) is 24.6 Å². The normalized spacial score (nSPS) is 15.4. The fourth-order valence-electron chi connectivity index (χ4n) is 3.23. The summed E-state index contributed by atoms with van der Waals surface area (Å²) in [7, 11) is 0. The molecule has 1 fully saturated rings. The average Bonchev–Trinajstić information content (AvgIpc) is 3.19. The number of carbonyl (C=O) groups excluding carboxylic acids is 2. The van der Waals surface area contributed by atoms with Gasteiger partial charge in [-0.1, -0.05) is 6.07 Å². The Morgan fingerprint density at radius 2 is 1.97 bits per heavy atom. The maximum absolute atomic E-state index is 12.3. The molecule has 1 atom stereocenters. The molecule has 1 saturated heterocycles. The van der Waals surface area contributed by atoms with E-state index >= 15 is 0 Å². The van der Waals surface area contributed by atoms with Gasteiger partial charge in [-0.05, 0) is 25.1 Å². The molecule has 1 aliphatic rings. The first-order chi connectivity index (χ1) is 14.4. The van der Waals surface area contributed by atoms with Crippen molar-refractivity contribution in [1.29, 1.82) is 0 Å². The van der Waals surface area contributed by atoms with Gasteiger partial charge in [0.25, 0.3) is 11.6 Å². The lowest BCUT2D eigenvalue weighted by molar-refractivity contribution is -0.384. The third kappa shape index (κ3) is 5.65. The molecule has 1 aromatic heterocycles. The third-order valence-corrected chi connectivity index (χ3v) is 4.80. The highest BCUT2D eigenvalue weighted by molar-refractivity contribution is 5.96.